The summed E-state index contributed by atoms with van der Waals surface area (Å²) in [6.45, 7) is 2.05. The van der Waals surface area contributed by atoms with Crippen LogP contribution in [-0.4, -0.2) is 0 Å². The van der Waals surface area contributed by atoms with Gasteiger partial charge in [-0.25, -0.2) is 17.6 Å². The van der Waals surface area contributed by atoms with Gasteiger partial charge in [0, 0.05) is 12.1 Å². The van der Waals surface area contributed by atoms with Gasteiger partial charge in [0.2, 0.25) is 11.2 Å². The van der Waals surface area contributed by atoms with Gasteiger partial charge in [-0.05, 0) is 49.1 Å². The van der Waals surface area contributed by atoms with Crippen molar-refractivity contribution in [3.8, 4) is 5.75 Å². The van der Waals surface area contributed by atoms with E-state index in [0.29, 0.717) is 24.8 Å². The highest BCUT2D eigenvalue weighted by Crippen LogP contribution is 2.62. The van der Waals surface area contributed by atoms with Crippen LogP contribution in [-0.2, 0) is 6.11 Å². The summed E-state index contributed by atoms with van der Waals surface area (Å²) in [5, 5.41) is 0. The van der Waals surface area contributed by atoms with Crippen LogP contribution in [0.1, 0.15) is 62.5 Å². The molecule has 1 aliphatic carbocycles. The van der Waals surface area contributed by atoms with E-state index in [1.165, 1.54) is 0 Å². The number of hydrogen-bond donors (Lipinski definition) is 0. The predicted octanol–water partition coefficient (Wildman–Crippen LogP) is 9.26. The van der Waals surface area contributed by atoms with E-state index in [0.717, 1.165) is 31.7 Å². The molecule has 0 aliphatic heterocycles. The molecule has 0 bridgehead atoms. The number of halogens is 9. The number of hydrogen-bond acceptors (Lipinski definition) is 1. The van der Waals surface area contributed by atoms with Gasteiger partial charge in [-0.3, -0.25) is 0 Å². The van der Waals surface area contributed by atoms with Crippen LogP contribution >= 0.6 is 11.2 Å². The average Bonchev–Trinajstić information content (AvgIpc) is 2.69. The molecule has 0 aromatic heterocycles. The molecule has 2 aromatic carbocycles. The Kier molecular flexibility index (Phi) is 7.50. The van der Waals surface area contributed by atoms with Gasteiger partial charge < -0.3 is 4.74 Å². The van der Waals surface area contributed by atoms with E-state index >= 15 is 0 Å². The molecule has 33 heavy (non-hydrogen) atoms. The topological polar surface area (TPSA) is 9.23 Å². The highest BCUT2D eigenvalue weighted by molar-refractivity contribution is 8.20. The van der Waals surface area contributed by atoms with Crippen LogP contribution in [0, 0.1) is 29.2 Å². The van der Waals surface area contributed by atoms with Gasteiger partial charge >= 0.3 is 6.11 Å². The van der Waals surface area contributed by atoms with E-state index in [1.807, 2.05) is 0 Å². The molecule has 3 rings (SSSR count). The fourth-order valence-corrected chi connectivity index (χ4v) is 4.85. The van der Waals surface area contributed by atoms with E-state index in [2.05, 4.69) is 11.7 Å². The summed E-state index contributed by atoms with van der Waals surface area (Å²) in [6.07, 6.45) is 0.224. The minimum Gasteiger partial charge on any atom is -0.429 e. The molecule has 1 saturated carbocycles. The molecular formula is C22H21F9OS. The monoisotopic (exact) mass is 504 g/mol. The van der Waals surface area contributed by atoms with Gasteiger partial charge in [-0.1, -0.05) is 25.8 Å². The first-order valence-corrected chi connectivity index (χ1v) is 11.6. The lowest BCUT2D eigenvalue weighted by atomic mass is 9.77. The quantitative estimate of drug-likeness (QED) is 0.342. The molecule has 0 heterocycles. The third-order valence-corrected chi connectivity index (χ3v) is 6.71. The number of alkyl halides is 2. The Morgan fingerprint density at radius 2 is 1.48 bits per heavy atom. The highest BCUT2D eigenvalue weighted by atomic mass is 32.3. The second-order valence-electron chi connectivity index (χ2n) is 8.08. The van der Waals surface area contributed by atoms with Crippen molar-refractivity contribution in [1.82, 2.24) is 0 Å². The van der Waals surface area contributed by atoms with Crippen LogP contribution in [0.25, 0.3) is 0 Å². The van der Waals surface area contributed by atoms with Crippen LogP contribution in [0.5, 0.6) is 5.75 Å². The first-order chi connectivity index (χ1) is 15.3. The maximum atomic E-state index is 14.7. The zero-order chi connectivity index (χ0) is 24.6. The van der Waals surface area contributed by atoms with Gasteiger partial charge in [0.15, 0.2) is 11.6 Å². The van der Waals surface area contributed by atoms with Crippen LogP contribution in [0.15, 0.2) is 29.2 Å². The van der Waals surface area contributed by atoms with Gasteiger partial charge in [0.25, 0.3) is 0 Å². The van der Waals surface area contributed by atoms with Crippen LogP contribution in [0.4, 0.5) is 38.0 Å². The molecule has 0 unspecified atom stereocenters. The SMILES string of the molecule is CCCC1CCC(c2ccc(C(F)(F)Oc3cc(F)c(S(F)(F)F)c(F)c3)c(F)c2F)CC1. The lowest BCUT2D eigenvalue weighted by Crippen LogP contribution is -2.25. The second-order valence-corrected chi connectivity index (χ2v) is 9.30. The number of benzene rings is 2. The van der Waals surface area contributed by atoms with Gasteiger partial charge in [-0.15, -0.1) is 11.7 Å². The standard InChI is InChI=1S/C22H21F9OS/c1-2-3-12-4-6-13(7-5-12)15-8-9-16(20(26)19(15)25)22(27,28)32-14-10-17(23)21(18(24)11-14)33(29,30)31/h8-13H,2-7H2,1H3. The number of ether oxygens (including phenoxy) is 1. The summed E-state index contributed by atoms with van der Waals surface area (Å²) in [6, 6.07) is 1.48. The molecule has 0 amide bonds. The lowest BCUT2D eigenvalue weighted by molar-refractivity contribution is -0.188. The van der Waals surface area contributed by atoms with Crippen molar-refractivity contribution in [2.24, 2.45) is 5.92 Å². The lowest BCUT2D eigenvalue weighted by Gasteiger charge is -2.29. The smallest absolute Gasteiger partial charge is 0.429 e. The Balaban J connectivity index is 1.84. The van der Waals surface area contributed by atoms with Gasteiger partial charge in [0.1, 0.15) is 27.8 Å². The average molecular weight is 504 g/mol. The fraction of sp³-hybridized carbons (Fsp3) is 0.455. The highest BCUT2D eigenvalue weighted by Gasteiger charge is 2.41. The van der Waals surface area contributed by atoms with Crippen molar-refractivity contribution in [2.75, 3.05) is 0 Å². The maximum Gasteiger partial charge on any atom is 0.429 e. The molecule has 1 fully saturated rings. The van der Waals surface area contributed by atoms with Crippen molar-refractivity contribution in [3.63, 3.8) is 0 Å². The molecule has 1 nitrogen and oxygen atoms in total. The summed E-state index contributed by atoms with van der Waals surface area (Å²) >= 11 is -6.31. The Morgan fingerprint density at radius 3 is 2.00 bits per heavy atom. The van der Waals surface area contributed by atoms with Crippen LogP contribution in [0.3, 0.4) is 0 Å². The van der Waals surface area contributed by atoms with Crippen molar-refractivity contribution >= 4 is 11.2 Å². The fourth-order valence-electron chi connectivity index (χ4n) is 4.29. The molecule has 11 heteroatoms. The normalized spacial score (nSPS) is 20.1. The summed E-state index contributed by atoms with van der Waals surface area (Å²) in [5.41, 5.74) is -1.58. The van der Waals surface area contributed by atoms with E-state index in [-0.39, 0.29) is 23.6 Å². The maximum absolute atomic E-state index is 14.7. The van der Waals surface area contributed by atoms with E-state index in [1.54, 1.807) is 0 Å². The Hall–Kier alpha value is -2.04. The van der Waals surface area contributed by atoms with Crippen LogP contribution < -0.4 is 4.74 Å². The Labute approximate surface area is 187 Å². The first kappa shape index (κ1) is 25.6. The molecule has 1 aliphatic rings. The van der Waals surface area contributed by atoms with Crippen molar-refractivity contribution in [3.05, 3.63) is 58.7 Å². The second kappa shape index (κ2) is 9.68. The van der Waals surface area contributed by atoms with Gasteiger partial charge in [-0.2, -0.15) is 8.78 Å². The molecule has 0 spiro atoms. The van der Waals surface area contributed by atoms with E-state index < -0.39 is 56.8 Å². The minimum absolute atomic E-state index is 0.0448. The molecule has 2 aromatic rings. The van der Waals surface area contributed by atoms with E-state index in [9.17, 15) is 38.0 Å². The van der Waals surface area contributed by atoms with Crippen molar-refractivity contribution in [1.29, 1.82) is 0 Å². The Bertz CT molecular complexity index is 975. The molecule has 0 N–H and O–H groups in total. The summed E-state index contributed by atoms with van der Waals surface area (Å²) in [7, 11) is 0. The summed E-state index contributed by atoms with van der Waals surface area (Å²) in [5.74, 6) is -8.80. The molecular weight excluding hydrogens is 483 g/mol. The third-order valence-electron chi connectivity index (χ3n) is 5.86. The molecule has 0 atom stereocenters. The van der Waals surface area contributed by atoms with Gasteiger partial charge in [0.05, 0.1) is 0 Å². The Morgan fingerprint density at radius 1 is 0.909 bits per heavy atom. The zero-order valence-corrected chi connectivity index (χ0v) is 18.2. The molecule has 184 valence electrons. The molecule has 0 radical (unpaired) electrons. The van der Waals surface area contributed by atoms with Crippen molar-refractivity contribution in [2.45, 2.75) is 62.4 Å². The predicted molar refractivity (Wildman–Crippen MR) is 106 cm³/mol. The zero-order valence-electron chi connectivity index (χ0n) is 17.4. The summed E-state index contributed by atoms with van der Waals surface area (Å²) < 4.78 is 128. The van der Waals surface area contributed by atoms with E-state index in [4.69, 9.17) is 0 Å². The molecule has 0 saturated heterocycles. The number of rotatable bonds is 7. The minimum atomic E-state index is -6.31. The largest absolute Gasteiger partial charge is 0.429 e. The first-order valence-electron chi connectivity index (χ1n) is 10.3. The third kappa shape index (κ3) is 5.55. The summed E-state index contributed by atoms with van der Waals surface area (Å²) in [4.78, 5) is -2.20. The van der Waals surface area contributed by atoms with Crippen molar-refractivity contribution < 1.29 is 42.7 Å². The van der Waals surface area contributed by atoms with Crippen LogP contribution in [0.2, 0.25) is 0 Å².